The summed E-state index contributed by atoms with van der Waals surface area (Å²) in [7, 11) is 1.08. The molecule has 0 heterocycles. The summed E-state index contributed by atoms with van der Waals surface area (Å²) in [5, 5.41) is 3.12. The molecule has 1 rings (SSSR count). The second-order valence-corrected chi connectivity index (χ2v) is 6.71. The Morgan fingerprint density at radius 3 is 2.47 bits per heavy atom. The summed E-state index contributed by atoms with van der Waals surface area (Å²) < 4.78 is 22.0. The molecule has 0 amide bonds. The number of aryl methyl sites for hydroxylation is 1. The molecule has 17 heavy (non-hydrogen) atoms. The summed E-state index contributed by atoms with van der Waals surface area (Å²) in [6.07, 6.45) is 1.25. The van der Waals surface area contributed by atoms with Gasteiger partial charge in [-0.05, 0) is 24.6 Å². The molecule has 0 bridgehead atoms. The standard InChI is InChI=1S/C12H20N2O2S/c1-10-5-6-11(9-12(10)14(2)3)13-7-8-17(4,15)16/h5-6,9,13H,7-8H2,1-4H3. The molecule has 5 heteroatoms. The number of nitrogens with zero attached hydrogens (tertiary/aromatic N) is 1. The summed E-state index contributed by atoms with van der Waals surface area (Å²) in [5.41, 5.74) is 3.28. The van der Waals surface area contributed by atoms with Gasteiger partial charge in [0.25, 0.3) is 0 Å². The van der Waals surface area contributed by atoms with Crippen LogP contribution in [0.2, 0.25) is 0 Å². The van der Waals surface area contributed by atoms with Crippen molar-refractivity contribution in [1.29, 1.82) is 0 Å². The molecular weight excluding hydrogens is 236 g/mol. The van der Waals surface area contributed by atoms with Crippen LogP contribution in [0.15, 0.2) is 18.2 Å². The van der Waals surface area contributed by atoms with Crippen LogP contribution in [0.5, 0.6) is 0 Å². The molecule has 0 atom stereocenters. The number of benzene rings is 1. The molecule has 96 valence electrons. The Kier molecular flexibility index (Phi) is 4.40. The van der Waals surface area contributed by atoms with Crippen molar-refractivity contribution in [1.82, 2.24) is 0 Å². The number of rotatable bonds is 5. The molecule has 0 aliphatic carbocycles. The normalized spacial score (nSPS) is 11.3. The van der Waals surface area contributed by atoms with Gasteiger partial charge in [-0.3, -0.25) is 0 Å². The first-order chi connectivity index (χ1) is 7.79. The van der Waals surface area contributed by atoms with Crippen molar-refractivity contribution < 1.29 is 8.42 Å². The van der Waals surface area contributed by atoms with Gasteiger partial charge >= 0.3 is 0 Å². The lowest BCUT2D eigenvalue weighted by atomic mass is 10.1. The van der Waals surface area contributed by atoms with E-state index in [1.807, 2.05) is 37.2 Å². The number of hydrogen-bond donors (Lipinski definition) is 1. The first-order valence-corrected chi connectivity index (χ1v) is 7.55. The lowest BCUT2D eigenvalue weighted by Crippen LogP contribution is -2.15. The topological polar surface area (TPSA) is 49.4 Å². The highest BCUT2D eigenvalue weighted by Crippen LogP contribution is 2.22. The van der Waals surface area contributed by atoms with Crippen LogP contribution in [0, 0.1) is 6.92 Å². The summed E-state index contributed by atoms with van der Waals surface area (Å²) >= 11 is 0. The van der Waals surface area contributed by atoms with Crippen molar-refractivity contribution in [3.05, 3.63) is 23.8 Å². The van der Waals surface area contributed by atoms with Crippen molar-refractivity contribution in [2.75, 3.05) is 42.9 Å². The summed E-state index contributed by atoms with van der Waals surface area (Å²) in [4.78, 5) is 2.04. The second kappa shape index (κ2) is 5.40. The van der Waals surface area contributed by atoms with Gasteiger partial charge in [-0.2, -0.15) is 0 Å². The van der Waals surface area contributed by atoms with E-state index in [9.17, 15) is 8.42 Å². The monoisotopic (exact) mass is 256 g/mol. The predicted molar refractivity (Wildman–Crippen MR) is 73.7 cm³/mol. The van der Waals surface area contributed by atoms with Crippen LogP contribution in [-0.2, 0) is 9.84 Å². The molecule has 0 unspecified atom stereocenters. The van der Waals surface area contributed by atoms with Crippen LogP contribution in [-0.4, -0.2) is 41.1 Å². The first kappa shape index (κ1) is 13.8. The van der Waals surface area contributed by atoms with Crippen LogP contribution >= 0.6 is 0 Å². The van der Waals surface area contributed by atoms with Gasteiger partial charge in [-0.25, -0.2) is 8.42 Å². The Morgan fingerprint density at radius 1 is 1.29 bits per heavy atom. The molecule has 0 aromatic heterocycles. The van der Waals surface area contributed by atoms with Crippen LogP contribution in [0.4, 0.5) is 11.4 Å². The van der Waals surface area contributed by atoms with Gasteiger partial charge in [-0.1, -0.05) is 6.07 Å². The highest BCUT2D eigenvalue weighted by Gasteiger charge is 2.04. The van der Waals surface area contributed by atoms with Crippen molar-refractivity contribution in [2.45, 2.75) is 6.92 Å². The fourth-order valence-electron chi connectivity index (χ4n) is 1.58. The maximum Gasteiger partial charge on any atom is 0.149 e. The SMILES string of the molecule is Cc1ccc(NCCS(C)(=O)=O)cc1N(C)C. The maximum atomic E-state index is 11.0. The minimum atomic E-state index is -2.90. The van der Waals surface area contributed by atoms with Gasteiger partial charge in [-0.15, -0.1) is 0 Å². The largest absolute Gasteiger partial charge is 0.384 e. The number of sulfone groups is 1. The van der Waals surface area contributed by atoms with Crippen molar-refractivity contribution in [3.63, 3.8) is 0 Å². The lowest BCUT2D eigenvalue weighted by molar-refractivity contribution is 0.602. The Balaban J connectivity index is 2.70. The van der Waals surface area contributed by atoms with Crippen molar-refractivity contribution >= 4 is 21.2 Å². The van der Waals surface area contributed by atoms with Gasteiger partial charge in [0.2, 0.25) is 0 Å². The zero-order valence-electron chi connectivity index (χ0n) is 10.8. The fourth-order valence-corrected chi connectivity index (χ4v) is 2.05. The van der Waals surface area contributed by atoms with E-state index >= 15 is 0 Å². The zero-order valence-corrected chi connectivity index (χ0v) is 11.6. The molecule has 0 saturated heterocycles. The van der Waals surface area contributed by atoms with E-state index in [0.717, 1.165) is 11.4 Å². The molecule has 1 aromatic carbocycles. The highest BCUT2D eigenvalue weighted by molar-refractivity contribution is 7.90. The second-order valence-electron chi connectivity index (χ2n) is 4.45. The van der Waals surface area contributed by atoms with Crippen molar-refractivity contribution in [2.24, 2.45) is 0 Å². The molecule has 0 spiro atoms. The van der Waals surface area contributed by atoms with E-state index < -0.39 is 9.84 Å². The fraction of sp³-hybridized carbons (Fsp3) is 0.500. The molecule has 0 radical (unpaired) electrons. The van der Waals surface area contributed by atoms with Crippen molar-refractivity contribution in [3.8, 4) is 0 Å². The van der Waals surface area contributed by atoms with Crippen LogP contribution in [0.3, 0.4) is 0 Å². The Bertz CT molecular complexity index is 481. The summed E-state index contributed by atoms with van der Waals surface area (Å²) in [6.45, 7) is 2.49. The Morgan fingerprint density at radius 2 is 1.94 bits per heavy atom. The minimum Gasteiger partial charge on any atom is -0.384 e. The number of anilines is 2. The predicted octanol–water partition coefficient (Wildman–Crippen LogP) is 1.52. The van der Waals surface area contributed by atoms with Gasteiger partial charge in [0.05, 0.1) is 5.75 Å². The molecule has 4 nitrogen and oxygen atoms in total. The highest BCUT2D eigenvalue weighted by atomic mass is 32.2. The van der Waals surface area contributed by atoms with E-state index in [2.05, 4.69) is 12.2 Å². The quantitative estimate of drug-likeness (QED) is 0.867. The molecule has 1 N–H and O–H groups in total. The number of hydrogen-bond acceptors (Lipinski definition) is 4. The number of nitrogens with one attached hydrogen (secondary N) is 1. The van der Waals surface area contributed by atoms with E-state index in [1.165, 1.54) is 11.8 Å². The molecule has 0 aliphatic rings. The van der Waals surface area contributed by atoms with Gasteiger partial charge in [0.15, 0.2) is 0 Å². The lowest BCUT2D eigenvalue weighted by Gasteiger charge is -2.17. The molecule has 0 aliphatic heterocycles. The Hall–Kier alpha value is -1.23. The zero-order chi connectivity index (χ0) is 13.1. The van der Waals surface area contributed by atoms with E-state index in [0.29, 0.717) is 6.54 Å². The van der Waals surface area contributed by atoms with E-state index in [1.54, 1.807) is 0 Å². The van der Waals surface area contributed by atoms with Crippen LogP contribution < -0.4 is 10.2 Å². The van der Waals surface area contributed by atoms with Gasteiger partial charge in [0.1, 0.15) is 9.84 Å². The average Bonchev–Trinajstić information content (AvgIpc) is 2.18. The van der Waals surface area contributed by atoms with Gasteiger partial charge < -0.3 is 10.2 Å². The smallest absolute Gasteiger partial charge is 0.149 e. The third-order valence-electron chi connectivity index (χ3n) is 2.49. The summed E-state index contributed by atoms with van der Waals surface area (Å²) in [6, 6.07) is 6.01. The van der Waals surface area contributed by atoms with Crippen LogP contribution in [0.1, 0.15) is 5.56 Å². The molecule has 0 saturated carbocycles. The average molecular weight is 256 g/mol. The first-order valence-electron chi connectivity index (χ1n) is 5.49. The maximum absolute atomic E-state index is 11.0. The van der Waals surface area contributed by atoms with E-state index in [4.69, 9.17) is 0 Å². The molecular formula is C12H20N2O2S. The van der Waals surface area contributed by atoms with Gasteiger partial charge in [0, 0.05) is 38.3 Å². The minimum absolute atomic E-state index is 0.151. The summed E-state index contributed by atoms with van der Waals surface area (Å²) in [5.74, 6) is 0.151. The third kappa shape index (κ3) is 4.65. The molecule has 1 aromatic rings. The van der Waals surface area contributed by atoms with E-state index in [-0.39, 0.29) is 5.75 Å². The third-order valence-corrected chi connectivity index (χ3v) is 3.44. The van der Waals surface area contributed by atoms with Crippen LogP contribution in [0.25, 0.3) is 0 Å². The Labute approximate surface area is 104 Å². The molecule has 0 fully saturated rings.